The van der Waals surface area contributed by atoms with E-state index in [9.17, 15) is 4.79 Å². The Morgan fingerprint density at radius 2 is 2.10 bits per heavy atom. The lowest BCUT2D eigenvalue weighted by Crippen LogP contribution is -2.48. The number of guanidine groups is 1. The van der Waals surface area contributed by atoms with E-state index in [0.29, 0.717) is 12.6 Å². The van der Waals surface area contributed by atoms with Crippen LogP contribution < -0.4 is 16.0 Å². The number of benzene rings is 1. The van der Waals surface area contributed by atoms with Crippen molar-refractivity contribution in [2.24, 2.45) is 4.99 Å². The average molecular weight is 412 g/mol. The third-order valence-electron chi connectivity index (χ3n) is 5.23. The van der Waals surface area contributed by atoms with Gasteiger partial charge in [0.1, 0.15) is 6.54 Å². The van der Waals surface area contributed by atoms with Gasteiger partial charge in [-0.15, -0.1) is 0 Å². The molecule has 1 aliphatic rings. The van der Waals surface area contributed by atoms with Gasteiger partial charge < -0.3 is 20.9 Å². The second kappa shape index (κ2) is 11.3. The van der Waals surface area contributed by atoms with Gasteiger partial charge in [0.2, 0.25) is 5.91 Å². The quantitative estimate of drug-likeness (QED) is 0.457. The second-order valence-corrected chi connectivity index (χ2v) is 7.64. The minimum absolute atomic E-state index is 0.101. The molecule has 1 aliphatic heterocycles. The number of nitrogens with one attached hydrogen (secondary N) is 3. The highest BCUT2D eigenvalue weighted by Gasteiger charge is 2.19. The van der Waals surface area contributed by atoms with Crippen LogP contribution in [0.2, 0.25) is 0 Å². The van der Waals surface area contributed by atoms with Gasteiger partial charge in [0.15, 0.2) is 5.96 Å². The zero-order valence-corrected chi connectivity index (χ0v) is 18.0. The zero-order valence-electron chi connectivity index (χ0n) is 18.0. The average Bonchev–Trinajstić information content (AvgIpc) is 3.25. The third kappa shape index (κ3) is 6.88. The Hall–Kier alpha value is -2.87. The number of aliphatic imine (C=N–C) groups is 1. The van der Waals surface area contributed by atoms with Crippen molar-refractivity contribution >= 4 is 17.6 Å². The summed E-state index contributed by atoms with van der Waals surface area (Å²) in [6, 6.07) is 10.1. The molecule has 0 radical (unpaired) electrons. The molecular formula is C22H33N7O. The van der Waals surface area contributed by atoms with Crippen molar-refractivity contribution in [2.45, 2.75) is 45.3 Å². The molecule has 1 aromatic carbocycles. The Morgan fingerprint density at radius 3 is 2.80 bits per heavy atom. The van der Waals surface area contributed by atoms with Gasteiger partial charge >= 0.3 is 0 Å². The maximum absolute atomic E-state index is 12.2. The van der Waals surface area contributed by atoms with Crippen molar-refractivity contribution in [3.8, 4) is 0 Å². The molecule has 30 heavy (non-hydrogen) atoms. The first-order valence-electron chi connectivity index (χ1n) is 10.7. The number of amides is 1. The minimum atomic E-state index is -0.101. The van der Waals surface area contributed by atoms with Crippen LogP contribution in [0.3, 0.4) is 0 Å². The SMILES string of the molecule is CCCN1CCC(NC(=NC)NCc2cccc(NC(=O)Cn3cccn3)c2)CC1. The molecule has 3 N–H and O–H groups in total. The molecule has 8 heteroatoms. The van der Waals surface area contributed by atoms with E-state index in [1.165, 1.54) is 13.0 Å². The first-order chi connectivity index (χ1) is 14.7. The summed E-state index contributed by atoms with van der Waals surface area (Å²) >= 11 is 0. The molecule has 162 valence electrons. The molecular weight excluding hydrogens is 378 g/mol. The molecule has 0 atom stereocenters. The number of nitrogens with zero attached hydrogens (tertiary/aromatic N) is 4. The third-order valence-corrected chi connectivity index (χ3v) is 5.23. The molecule has 0 unspecified atom stereocenters. The monoisotopic (exact) mass is 411 g/mol. The molecule has 0 saturated carbocycles. The number of aromatic nitrogens is 2. The van der Waals surface area contributed by atoms with Crippen molar-refractivity contribution in [3.05, 3.63) is 48.3 Å². The predicted octanol–water partition coefficient (Wildman–Crippen LogP) is 2.06. The summed E-state index contributed by atoms with van der Waals surface area (Å²) in [5.74, 6) is 0.716. The second-order valence-electron chi connectivity index (χ2n) is 7.64. The fourth-order valence-electron chi connectivity index (χ4n) is 3.69. The summed E-state index contributed by atoms with van der Waals surface area (Å²) < 4.78 is 1.60. The maximum atomic E-state index is 12.2. The van der Waals surface area contributed by atoms with Gasteiger partial charge in [0, 0.05) is 50.8 Å². The van der Waals surface area contributed by atoms with Crippen LogP contribution >= 0.6 is 0 Å². The van der Waals surface area contributed by atoms with E-state index >= 15 is 0 Å². The molecule has 1 aromatic heterocycles. The van der Waals surface area contributed by atoms with Crippen LogP contribution in [0.15, 0.2) is 47.7 Å². The summed E-state index contributed by atoms with van der Waals surface area (Å²) in [5.41, 5.74) is 1.85. The largest absolute Gasteiger partial charge is 0.354 e. The highest BCUT2D eigenvalue weighted by atomic mass is 16.2. The molecule has 3 rings (SSSR count). The molecule has 2 aromatic rings. The predicted molar refractivity (Wildman–Crippen MR) is 120 cm³/mol. The standard InChI is InChI=1S/C22H33N7O/c1-3-11-28-13-8-19(9-14-28)27-22(23-2)24-16-18-6-4-7-20(15-18)26-21(30)17-29-12-5-10-25-29/h4-7,10,12,15,19H,3,8-9,11,13-14,16-17H2,1-2H3,(H,26,30)(H2,23,24,27). The number of piperidine rings is 1. The van der Waals surface area contributed by atoms with Gasteiger partial charge in [-0.1, -0.05) is 19.1 Å². The molecule has 0 spiro atoms. The number of hydrogen-bond donors (Lipinski definition) is 3. The summed E-state index contributed by atoms with van der Waals surface area (Å²) in [6.45, 7) is 6.54. The van der Waals surface area contributed by atoms with Crippen LogP contribution in [0, 0.1) is 0 Å². The van der Waals surface area contributed by atoms with Crippen LogP contribution in [0.4, 0.5) is 5.69 Å². The Kier molecular flexibility index (Phi) is 8.26. The van der Waals surface area contributed by atoms with E-state index in [-0.39, 0.29) is 12.5 Å². The molecule has 0 aliphatic carbocycles. The molecule has 1 fully saturated rings. The van der Waals surface area contributed by atoms with Crippen LogP contribution in [0.25, 0.3) is 0 Å². The van der Waals surface area contributed by atoms with Crippen molar-refractivity contribution < 1.29 is 4.79 Å². The number of carbonyl (C=O) groups excluding carboxylic acids is 1. The van der Waals surface area contributed by atoms with Crippen LogP contribution in [0.1, 0.15) is 31.7 Å². The van der Waals surface area contributed by atoms with Crippen molar-refractivity contribution in [1.82, 2.24) is 25.3 Å². The lowest BCUT2D eigenvalue weighted by atomic mass is 10.1. The summed E-state index contributed by atoms with van der Waals surface area (Å²) in [6.07, 6.45) is 6.92. The lowest BCUT2D eigenvalue weighted by Gasteiger charge is -2.32. The van der Waals surface area contributed by atoms with Gasteiger partial charge in [-0.05, 0) is 49.6 Å². The van der Waals surface area contributed by atoms with Crippen molar-refractivity contribution in [1.29, 1.82) is 0 Å². The van der Waals surface area contributed by atoms with Crippen molar-refractivity contribution in [3.63, 3.8) is 0 Å². The smallest absolute Gasteiger partial charge is 0.246 e. The Balaban J connectivity index is 1.45. The number of likely N-dealkylation sites (tertiary alicyclic amines) is 1. The number of anilines is 1. The minimum Gasteiger partial charge on any atom is -0.354 e. The highest BCUT2D eigenvalue weighted by molar-refractivity contribution is 5.90. The molecule has 1 amide bonds. The maximum Gasteiger partial charge on any atom is 0.246 e. The Morgan fingerprint density at radius 1 is 1.27 bits per heavy atom. The molecule has 0 bridgehead atoms. The van der Waals surface area contributed by atoms with Gasteiger partial charge in [-0.25, -0.2) is 0 Å². The van der Waals surface area contributed by atoms with E-state index < -0.39 is 0 Å². The Labute approximate surface area is 178 Å². The molecule has 2 heterocycles. The van der Waals surface area contributed by atoms with E-state index in [4.69, 9.17) is 0 Å². The number of rotatable bonds is 8. The van der Waals surface area contributed by atoms with E-state index in [0.717, 1.165) is 43.1 Å². The fraction of sp³-hybridized carbons (Fsp3) is 0.500. The van der Waals surface area contributed by atoms with E-state index in [1.54, 1.807) is 30.2 Å². The van der Waals surface area contributed by atoms with Gasteiger partial charge in [0.25, 0.3) is 0 Å². The number of carbonyl (C=O) groups is 1. The van der Waals surface area contributed by atoms with E-state index in [1.807, 2.05) is 24.3 Å². The van der Waals surface area contributed by atoms with Crippen molar-refractivity contribution in [2.75, 3.05) is 32.0 Å². The molecule has 1 saturated heterocycles. The highest BCUT2D eigenvalue weighted by Crippen LogP contribution is 2.12. The summed E-state index contributed by atoms with van der Waals surface area (Å²) in [7, 11) is 1.80. The van der Waals surface area contributed by atoms with Gasteiger partial charge in [-0.2, -0.15) is 5.10 Å². The Bertz CT molecular complexity index is 811. The van der Waals surface area contributed by atoms with E-state index in [2.05, 4.69) is 37.9 Å². The summed E-state index contributed by atoms with van der Waals surface area (Å²) in [4.78, 5) is 19.1. The lowest BCUT2D eigenvalue weighted by molar-refractivity contribution is -0.116. The van der Waals surface area contributed by atoms with Crippen LogP contribution in [-0.4, -0.2) is 59.3 Å². The van der Waals surface area contributed by atoms with Crippen LogP contribution in [-0.2, 0) is 17.9 Å². The fourth-order valence-corrected chi connectivity index (χ4v) is 3.69. The normalized spacial score (nSPS) is 15.7. The molecule has 8 nitrogen and oxygen atoms in total. The first kappa shape index (κ1) is 21.8. The first-order valence-corrected chi connectivity index (χ1v) is 10.7. The summed E-state index contributed by atoms with van der Waals surface area (Å²) in [5, 5.41) is 13.9. The van der Waals surface area contributed by atoms with Crippen LogP contribution in [0.5, 0.6) is 0 Å². The van der Waals surface area contributed by atoms with Gasteiger partial charge in [-0.3, -0.25) is 14.5 Å². The van der Waals surface area contributed by atoms with Gasteiger partial charge in [0.05, 0.1) is 0 Å². The topological polar surface area (TPSA) is 86.6 Å². The number of hydrogen-bond acceptors (Lipinski definition) is 4. The zero-order chi connectivity index (χ0) is 21.2.